The molecule has 0 aromatic heterocycles. The number of amides is 1. The fourth-order valence-corrected chi connectivity index (χ4v) is 7.83. The lowest BCUT2D eigenvalue weighted by Gasteiger charge is -2.58. The minimum Gasteiger partial charge on any atom is -0.374 e. The van der Waals surface area contributed by atoms with E-state index in [1.165, 1.54) is 37.8 Å². The topological polar surface area (TPSA) is 29.5 Å². The zero-order valence-corrected chi connectivity index (χ0v) is 18.0. The molecule has 3 saturated carbocycles. The van der Waals surface area contributed by atoms with E-state index in [1.807, 2.05) is 11.9 Å². The van der Waals surface area contributed by atoms with Crippen LogP contribution < -0.4 is 0 Å². The molecule has 0 aromatic carbocycles. The summed E-state index contributed by atoms with van der Waals surface area (Å²) in [7, 11) is 1.99. The zero-order chi connectivity index (χ0) is 19.7. The average Bonchev–Trinajstić information content (AvgIpc) is 3.44. The number of likely N-dealkylation sites (tertiary alicyclic amines) is 1. The summed E-state index contributed by atoms with van der Waals surface area (Å²) in [6.45, 7) is 9.05. The Bertz CT molecular complexity index is 709. The molecular formula is C25H37NO2. The van der Waals surface area contributed by atoms with Gasteiger partial charge in [0.05, 0.1) is 12.2 Å². The van der Waals surface area contributed by atoms with E-state index in [4.69, 9.17) is 4.74 Å². The maximum Gasteiger partial charge on any atom is 0.226 e. The number of nitrogens with zero attached hydrogens (tertiary/aromatic N) is 1. The van der Waals surface area contributed by atoms with E-state index in [9.17, 15) is 4.79 Å². The first-order valence-electron chi connectivity index (χ1n) is 11.6. The molecule has 0 radical (unpaired) electrons. The van der Waals surface area contributed by atoms with Crippen LogP contribution in [0.3, 0.4) is 0 Å². The van der Waals surface area contributed by atoms with Crippen molar-refractivity contribution in [2.45, 2.75) is 83.8 Å². The van der Waals surface area contributed by atoms with Gasteiger partial charge in [0, 0.05) is 24.6 Å². The van der Waals surface area contributed by atoms with Crippen molar-refractivity contribution < 1.29 is 9.53 Å². The molecule has 3 heteroatoms. The van der Waals surface area contributed by atoms with E-state index in [-0.39, 0.29) is 5.41 Å². The number of rotatable bonds is 4. The van der Waals surface area contributed by atoms with Crippen molar-refractivity contribution in [1.82, 2.24) is 4.90 Å². The Morgan fingerprint density at radius 3 is 2.75 bits per heavy atom. The maximum absolute atomic E-state index is 12.3. The van der Waals surface area contributed by atoms with Gasteiger partial charge in [-0.3, -0.25) is 4.79 Å². The number of piperidine rings is 1. The second-order valence-corrected chi connectivity index (χ2v) is 10.9. The predicted octanol–water partition coefficient (Wildman–Crippen LogP) is 5.32. The van der Waals surface area contributed by atoms with E-state index in [0.717, 1.165) is 31.1 Å². The van der Waals surface area contributed by atoms with Crippen LogP contribution in [0.4, 0.5) is 0 Å². The summed E-state index contributed by atoms with van der Waals surface area (Å²) in [6.07, 6.45) is 15.9. The summed E-state index contributed by atoms with van der Waals surface area (Å²) in [4.78, 5) is 14.3. The Hall–Kier alpha value is -1.09. The molecule has 0 N–H and O–H groups in total. The second-order valence-electron chi connectivity index (χ2n) is 10.9. The SMILES string of the molecule is C=CCC1C[C@H]2[C@@H]3CC=C4N(C)C(=O)CC[C@]4(C)[C@@H]3CC[C@]2(C)C1OC1CC1. The second kappa shape index (κ2) is 6.45. The van der Waals surface area contributed by atoms with Gasteiger partial charge in [-0.25, -0.2) is 0 Å². The summed E-state index contributed by atoms with van der Waals surface area (Å²) in [5.41, 5.74) is 1.81. The lowest BCUT2D eigenvalue weighted by molar-refractivity contribution is -0.137. The molecule has 0 bridgehead atoms. The summed E-state index contributed by atoms with van der Waals surface area (Å²) in [5, 5.41) is 0. The quantitative estimate of drug-likeness (QED) is 0.615. The van der Waals surface area contributed by atoms with Crippen LogP contribution in [0.15, 0.2) is 24.4 Å². The van der Waals surface area contributed by atoms with E-state index in [2.05, 4.69) is 32.6 Å². The van der Waals surface area contributed by atoms with Gasteiger partial charge in [-0.2, -0.15) is 0 Å². The van der Waals surface area contributed by atoms with Crippen LogP contribution in [0, 0.1) is 34.5 Å². The van der Waals surface area contributed by atoms with Gasteiger partial charge < -0.3 is 9.64 Å². The fourth-order valence-electron chi connectivity index (χ4n) is 7.83. The van der Waals surface area contributed by atoms with Crippen molar-refractivity contribution in [2.24, 2.45) is 34.5 Å². The number of carbonyl (C=O) groups is 1. The smallest absolute Gasteiger partial charge is 0.226 e. The number of carbonyl (C=O) groups excluding carboxylic acids is 1. The van der Waals surface area contributed by atoms with E-state index >= 15 is 0 Å². The molecule has 4 aliphatic carbocycles. The number of allylic oxidation sites excluding steroid dienone is 3. The van der Waals surface area contributed by atoms with Crippen molar-refractivity contribution in [3.05, 3.63) is 24.4 Å². The Labute approximate surface area is 170 Å². The van der Waals surface area contributed by atoms with Gasteiger partial charge in [0.25, 0.3) is 0 Å². The number of hydrogen-bond donors (Lipinski definition) is 0. The van der Waals surface area contributed by atoms with Gasteiger partial charge in [-0.05, 0) is 80.5 Å². The summed E-state index contributed by atoms with van der Waals surface area (Å²) in [6, 6.07) is 0. The van der Waals surface area contributed by atoms with Gasteiger partial charge >= 0.3 is 0 Å². The van der Waals surface area contributed by atoms with Crippen molar-refractivity contribution in [2.75, 3.05) is 7.05 Å². The molecule has 3 nitrogen and oxygen atoms in total. The predicted molar refractivity (Wildman–Crippen MR) is 111 cm³/mol. The van der Waals surface area contributed by atoms with Gasteiger partial charge in [0.1, 0.15) is 0 Å². The fraction of sp³-hybridized carbons (Fsp3) is 0.800. The van der Waals surface area contributed by atoms with Crippen LogP contribution in [-0.4, -0.2) is 30.1 Å². The molecule has 1 heterocycles. The normalized spacial score (nSPS) is 47.8. The van der Waals surface area contributed by atoms with Gasteiger partial charge in [0.15, 0.2) is 0 Å². The Kier molecular flexibility index (Phi) is 4.36. The summed E-state index contributed by atoms with van der Waals surface area (Å²) in [5.74, 6) is 3.14. The standard InChI is InChI=1S/C25H37NO2/c1-5-6-16-15-20-18-9-10-21-24(2,14-12-22(27)26(21)4)19(18)11-13-25(20,3)23(16)28-17-7-8-17/h5,10,16-20,23H,1,6-9,11-15H2,2-4H3/t16?,18-,19-,20+,23?,24-,25+/m1/s1. The minimum atomic E-state index is 0.177. The number of fused-ring (bicyclic) bond motifs is 5. The minimum absolute atomic E-state index is 0.177. The molecule has 1 saturated heterocycles. The molecule has 154 valence electrons. The van der Waals surface area contributed by atoms with Gasteiger partial charge in [-0.15, -0.1) is 6.58 Å². The van der Waals surface area contributed by atoms with Crippen LogP contribution in [0.2, 0.25) is 0 Å². The first-order chi connectivity index (χ1) is 13.4. The summed E-state index contributed by atoms with van der Waals surface area (Å²) < 4.78 is 6.69. The molecule has 4 fully saturated rings. The molecule has 5 aliphatic rings. The Morgan fingerprint density at radius 2 is 2.04 bits per heavy atom. The number of hydrogen-bond acceptors (Lipinski definition) is 2. The van der Waals surface area contributed by atoms with Crippen LogP contribution in [-0.2, 0) is 9.53 Å². The van der Waals surface area contributed by atoms with Crippen LogP contribution in [0.5, 0.6) is 0 Å². The van der Waals surface area contributed by atoms with E-state index < -0.39 is 0 Å². The molecule has 1 amide bonds. The van der Waals surface area contributed by atoms with E-state index in [1.54, 1.807) is 0 Å². The highest BCUT2D eigenvalue weighted by Crippen LogP contribution is 2.66. The first-order valence-corrected chi connectivity index (χ1v) is 11.6. The largest absolute Gasteiger partial charge is 0.374 e. The highest BCUT2D eigenvalue weighted by Gasteiger charge is 2.62. The van der Waals surface area contributed by atoms with Crippen LogP contribution in [0.25, 0.3) is 0 Å². The molecule has 7 atom stereocenters. The molecule has 0 spiro atoms. The third-order valence-corrected chi connectivity index (χ3v) is 9.42. The first kappa shape index (κ1) is 18.9. The molecule has 5 rings (SSSR count). The van der Waals surface area contributed by atoms with Crippen LogP contribution in [0.1, 0.15) is 71.6 Å². The highest BCUT2D eigenvalue weighted by atomic mass is 16.5. The van der Waals surface area contributed by atoms with Crippen molar-refractivity contribution in [3.8, 4) is 0 Å². The molecule has 2 unspecified atom stereocenters. The maximum atomic E-state index is 12.3. The van der Waals surface area contributed by atoms with Crippen molar-refractivity contribution in [1.29, 1.82) is 0 Å². The number of ether oxygens (including phenoxy) is 1. The average molecular weight is 384 g/mol. The lowest BCUT2D eigenvalue weighted by Crippen LogP contribution is -2.54. The Morgan fingerprint density at radius 1 is 1.25 bits per heavy atom. The van der Waals surface area contributed by atoms with Crippen molar-refractivity contribution >= 4 is 5.91 Å². The Balaban J connectivity index is 1.47. The highest BCUT2D eigenvalue weighted by molar-refractivity contribution is 5.79. The zero-order valence-electron chi connectivity index (χ0n) is 18.0. The van der Waals surface area contributed by atoms with Gasteiger partial charge in [0.2, 0.25) is 5.91 Å². The van der Waals surface area contributed by atoms with E-state index in [0.29, 0.717) is 41.8 Å². The molecular weight excluding hydrogens is 346 g/mol. The van der Waals surface area contributed by atoms with Crippen LogP contribution >= 0.6 is 0 Å². The monoisotopic (exact) mass is 383 g/mol. The molecule has 0 aromatic rings. The van der Waals surface area contributed by atoms with Crippen molar-refractivity contribution in [3.63, 3.8) is 0 Å². The molecule has 28 heavy (non-hydrogen) atoms. The molecule has 1 aliphatic heterocycles. The third-order valence-electron chi connectivity index (χ3n) is 9.42. The van der Waals surface area contributed by atoms with Gasteiger partial charge in [-0.1, -0.05) is 26.0 Å². The summed E-state index contributed by atoms with van der Waals surface area (Å²) >= 11 is 0. The third kappa shape index (κ3) is 2.61. The lowest BCUT2D eigenvalue weighted by atomic mass is 9.49.